The minimum Gasteiger partial charge on any atom is -0.497 e. The van der Waals surface area contributed by atoms with E-state index in [-0.39, 0.29) is 13.2 Å². The zero-order valence-corrected chi connectivity index (χ0v) is 16.7. The molecule has 0 aliphatic rings. The maximum absolute atomic E-state index is 10.9. The summed E-state index contributed by atoms with van der Waals surface area (Å²) >= 11 is 0. The van der Waals surface area contributed by atoms with E-state index >= 15 is 0 Å². The van der Waals surface area contributed by atoms with E-state index in [0.717, 1.165) is 22.3 Å². The van der Waals surface area contributed by atoms with Gasteiger partial charge >= 0.3 is 0 Å². The molecular weight excluding hydrogens is 380 g/mol. The summed E-state index contributed by atoms with van der Waals surface area (Å²) in [6.45, 7) is 0.357. The Kier molecular flexibility index (Phi) is 5.97. The third-order valence-electron chi connectivity index (χ3n) is 4.94. The van der Waals surface area contributed by atoms with Crippen molar-refractivity contribution in [3.8, 4) is 11.5 Å². The molecule has 1 heterocycles. The molecule has 0 radical (unpaired) electrons. The van der Waals surface area contributed by atoms with Crippen molar-refractivity contribution in [3.63, 3.8) is 0 Å². The first-order valence-corrected chi connectivity index (χ1v) is 9.79. The average Bonchev–Trinajstić information content (AvgIpc) is 3.16. The van der Waals surface area contributed by atoms with E-state index in [0.29, 0.717) is 11.6 Å². The normalized spacial score (nSPS) is 13.2. The van der Waals surface area contributed by atoms with Crippen LogP contribution in [-0.4, -0.2) is 39.6 Å². The lowest BCUT2D eigenvalue weighted by Crippen LogP contribution is -2.25. The van der Waals surface area contributed by atoms with Crippen LogP contribution >= 0.6 is 0 Å². The van der Waals surface area contributed by atoms with Crippen LogP contribution in [0.15, 0.2) is 78.9 Å². The molecule has 6 nitrogen and oxygen atoms in total. The number of fused-ring (bicyclic) bond motifs is 1. The Morgan fingerprint density at radius 2 is 1.53 bits per heavy atom. The number of methoxy groups -OCH3 is 1. The van der Waals surface area contributed by atoms with Gasteiger partial charge in [0.2, 0.25) is 0 Å². The van der Waals surface area contributed by atoms with Gasteiger partial charge in [0.15, 0.2) is 0 Å². The average molecular weight is 404 g/mol. The summed E-state index contributed by atoms with van der Waals surface area (Å²) in [4.78, 5) is 4.63. The van der Waals surface area contributed by atoms with E-state index in [1.54, 1.807) is 31.4 Å². The summed E-state index contributed by atoms with van der Waals surface area (Å²) in [6, 6.07) is 24.2. The Labute approximate surface area is 175 Å². The van der Waals surface area contributed by atoms with Crippen molar-refractivity contribution in [1.82, 2.24) is 9.55 Å². The molecule has 2 atom stereocenters. The van der Waals surface area contributed by atoms with Crippen molar-refractivity contribution in [3.05, 3.63) is 90.3 Å². The van der Waals surface area contributed by atoms with Crippen LogP contribution in [0.5, 0.6) is 11.5 Å². The Hall–Kier alpha value is -3.35. The Balaban J connectivity index is 1.54. The lowest BCUT2D eigenvalue weighted by Gasteiger charge is -2.18. The third-order valence-corrected chi connectivity index (χ3v) is 4.94. The Bertz CT molecular complexity index is 1090. The van der Waals surface area contributed by atoms with Gasteiger partial charge in [-0.05, 0) is 42.0 Å². The number of nitrogens with zero attached hydrogens (tertiary/aromatic N) is 2. The summed E-state index contributed by atoms with van der Waals surface area (Å²) in [7, 11) is 1.61. The molecule has 6 heteroatoms. The fraction of sp³-hybridized carbons (Fsp3) is 0.208. The topological polar surface area (TPSA) is 76.7 Å². The number of benzene rings is 3. The van der Waals surface area contributed by atoms with Crippen LogP contribution in [0.25, 0.3) is 11.0 Å². The van der Waals surface area contributed by atoms with Gasteiger partial charge in [-0.15, -0.1) is 0 Å². The molecule has 0 saturated heterocycles. The molecule has 0 aliphatic carbocycles. The second-order valence-electron chi connectivity index (χ2n) is 7.02. The number of hydrogen-bond acceptors (Lipinski definition) is 5. The van der Waals surface area contributed by atoms with Crippen LogP contribution in [0.4, 0.5) is 0 Å². The summed E-state index contributed by atoms with van der Waals surface area (Å²) < 4.78 is 12.7. The van der Waals surface area contributed by atoms with E-state index in [1.165, 1.54) is 0 Å². The highest BCUT2D eigenvalue weighted by Crippen LogP contribution is 2.26. The molecular formula is C24H24N2O4. The summed E-state index contributed by atoms with van der Waals surface area (Å²) in [5.74, 6) is 1.88. The lowest BCUT2D eigenvalue weighted by atomic mass is 10.1. The van der Waals surface area contributed by atoms with Crippen LogP contribution in [-0.2, 0) is 6.54 Å². The van der Waals surface area contributed by atoms with E-state index < -0.39 is 12.2 Å². The number of imidazole rings is 1. The largest absolute Gasteiger partial charge is 0.497 e. The molecule has 30 heavy (non-hydrogen) atoms. The van der Waals surface area contributed by atoms with Crippen molar-refractivity contribution in [2.24, 2.45) is 0 Å². The predicted octanol–water partition coefficient (Wildman–Crippen LogP) is 3.57. The molecule has 0 amide bonds. The molecule has 0 spiro atoms. The molecule has 0 bridgehead atoms. The molecule has 0 aliphatic heterocycles. The van der Waals surface area contributed by atoms with Crippen molar-refractivity contribution >= 4 is 11.0 Å². The number of ether oxygens (including phenoxy) is 2. The zero-order chi connectivity index (χ0) is 20.9. The second kappa shape index (κ2) is 8.98. The molecule has 1 aromatic heterocycles. The Morgan fingerprint density at radius 1 is 0.867 bits per heavy atom. The van der Waals surface area contributed by atoms with Gasteiger partial charge in [0.05, 0.1) is 24.7 Å². The monoisotopic (exact) mass is 404 g/mol. The lowest BCUT2D eigenvalue weighted by molar-refractivity contribution is 0.0902. The predicted molar refractivity (Wildman–Crippen MR) is 115 cm³/mol. The first-order chi connectivity index (χ1) is 14.7. The van der Waals surface area contributed by atoms with Crippen LogP contribution in [0.3, 0.4) is 0 Å². The molecule has 0 unspecified atom stereocenters. The summed E-state index contributed by atoms with van der Waals surface area (Å²) in [5.41, 5.74) is 2.37. The van der Waals surface area contributed by atoms with Crippen LogP contribution < -0.4 is 9.47 Å². The van der Waals surface area contributed by atoms with E-state index in [2.05, 4.69) is 4.98 Å². The van der Waals surface area contributed by atoms with Crippen LogP contribution in [0, 0.1) is 0 Å². The molecule has 4 rings (SSSR count). The minimum atomic E-state index is -0.895. The van der Waals surface area contributed by atoms with Crippen LogP contribution in [0.1, 0.15) is 17.5 Å². The summed E-state index contributed by atoms with van der Waals surface area (Å²) in [5, 5.41) is 21.6. The SMILES string of the molecule is COc1ccc(OC[C@@H](O)Cn2c([C@@H](O)c3ccccc3)nc3ccccc32)cc1. The van der Waals surface area contributed by atoms with Gasteiger partial charge in [-0.3, -0.25) is 0 Å². The fourth-order valence-electron chi connectivity index (χ4n) is 3.41. The first-order valence-electron chi connectivity index (χ1n) is 9.79. The van der Waals surface area contributed by atoms with Gasteiger partial charge in [0.25, 0.3) is 0 Å². The first kappa shape index (κ1) is 19.9. The molecule has 3 aromatic carbocycles. The van der Waals surface area contributed by atoms with Gasteiger partial charge in [0.1, 0.15) is 36.1 Å². The van der Waals surface area contributed by atoms with Gasteiger partial charge < -0.3 is 24.3 Å². The molecule has 4 aromatic rings. The van der Waals surface area contributed by atoms with Gasteiger partial charge in [0, 0.05) is 0 Å². The maximum atomic E-state index is 10.9. The molecule has 154 valence electrons. The molecule has 0 fully saturated rings. The van der Waals surface area contributed by atoms with Crippen molar-refractivity contribution < 1.29 is 19.7 Å². The van der Waals surface area contributed by atoms with E-state index in [4.69, 9.17) is 9.47 Å². The number of rotatable bonds is 8. The highest BCUT2D eigenvalue weighted by Gasteiger charge is 2.21. The fourth-order valence-corrected chi connectivity index (χ4v) is 3.41. The minimum absolute atomic E-state index is 0.111. The Morgan fingerprint density at radius 3 is 2.27 bits per heavy atom. The third kappa shape index (κ3) is 4.30. The quantitative estimate of drug-likeness (QED) is 0.470. The van der Waals surface area contributed by atoms with Crippen molar-refractivity contribution in [2.45, 2.75) is 18.8 Å². The number of aliphatic hydroxyl groups is 2. The number of aliphatic hydroxyl groups excluding tert-OH is 2. The molecule has 0 saturated carbocycles. The standard InChI is InChI=1S/C24H24N2O4/c1-29-19-11-13-20(14-12-19)30-16-18(27)15-26-22-10-6-5-9-21(22)25-24(26)23(28)17-7-3-2-4-8-17/h2-14,18,23,27-28H,15-16H2,1H3/t18-,23-/m0/s1. The molecule has 2 N–H and O–H groups in total. The van der Waals surface area contributed by atoms with Crippen LogP contribution in [0.2, 0.25) is 0 Å². The highest BCUT2D eigenvalue weighted by atomic mass is 16.5. The van der Waals surface area contributed by atoms with E-state index in [1.807, 2.05) is 59.2 Å². The van der Waals surface area contributed by atoms with Gasteiger partial charge in [-0.2, -0.15) is 0 Å². The van der Waals surface area contributed by atoms with Crippen molar-refractivity contribution in [2.75, 3.05) is 13.7 Å². The summed E-state index contributed by atoms with van der Waals surface area (Å²) in [6.07, 6.45) is -1.68. The van der Waals surface area contributed by atoms with Gasteiger partial charge in [-0.25, -0.2) is 4.98 Å². The van der Waals surface area contributed by atoms with Crippen molar-refractivity contribution in [1.29, 1.82) is 0 Å². The number of para-hydroxylation sites is 2. The number of aromatic nitrogens is 2. The maximum Gasteiger partial charge on any atom is 0.143 e. The van der Waals surface area contributed by atoms with Gasteiger partial charge in [-0.1, -0.05) is 42.5 Å². The second-order valence-corrected chi connectivity index (χ2v) is 7.02. The smallest absolute Gasteiger partial charge is 0.143 e. The number of hydrogen-bond donors (Lipinski definition) is 2. The van der Waals surface area contributed by atoms with E-state index in [9.17, 15) is 10.2 Å². The highest BCUT2D eigenvalue weighted by molar-refractivity contribution is 5.76. The zero-order valence-electron chi connectivity index (χ0n) is 16.7.